The highest BCUT2D eigenvalue weighted by atomic mass is 35.5. The Morgan fingerprint density at radius 1 is 1.53 bits per heavy atom. The number of aliphatic hydroxyl groups is 1. The summed E-state index contributed by atoms with van der Waals surface area (Å²) in [6.07, 6.45) is 0. The van der Waals surface area contributed by atoms with Gasteiger partial charge in [-0.15, -0.1) is 10.2 Å². The van der Waals surface area contributed by atoms with Gasteiger partial charge < -0.3 is 9.84 Å². The summed E-state index contributed by atoms with van der Waals surface area (Å²) < 4.78 is 4.65. The number of allylic oxidation sites excluding steroid dienone is 1. The fourth-order valence-corrected chi connectivity index (χ4v) is 1.25. The normalized spacial score (nSPS) is 11.8. The van der Waals surface area contributed by atoms with Crippen LogP contribution in [0.5, 0.6) is 0 Å². The predicted molar refractivity (Wildman–Crippen MR) is 67.9 cm³/mol. The largest absolute Gasteiger partial charge is 0.498 e. The maximum Gasteiger partial charge on any atom is 0.363 e. The van der Waals surface area contributed by atoms with Crippen molar-refractivity contribution in [3.63, 3.8) is 0 Å². The highest BCUT2D eigenvalue weighted by molar-refractivity contribution is 6.32. The van der Waals surface area contributed by atoms with Gasteiger partial charge in [0.1, 0.15) is 11.8 Å². The Bertz CT molecular complexity index is 576. The number of carbonyl (C=O) groups is 1. The molecule has 0 saturated heterocycles. The van der Waals surface area contributed by atoms with Crippen LogP contribution >= 0.6 is 11.6 Å². The number of nitriles is 1. The van der Waals surface area contributed by atoms with Crippen LogP contribution in [0.15, 0.2) is 46.0 Å². The number of ether oxygens (including phenoxy) is 1. The zero-order valence-electron chi connectivity index (χ0n) is 10.00. The van der Waals surface area contributed by atoms with Crippen LogP contribution in [0.25, 0.3) is 0 Å². The Balaban J connectivity index is 3.07. The van der Waals surface area contributed by atoms with E-state index in [0.717, 1.165) is 0 Å². The summed E-state index contributed by atoms with van der Waals surface area (Å²) in [5, 5.41) is 25.4. The van der Waals surface area contributed by atoms with Crippen molar-refractivity contribution in [3.05, 3.63) is 40.7 Å². The van der Waals surface area contributed by atoms with Crippen molar-refractivity contribution < 1.29 is 14.6 Å². The standard InChI is InChI=1S/C12H10ClN3O3/c1-2-19-12(18)11(10(17)7-14)16-15-9-6-4-3-5-8(9)13/h3-6,17H,2H2,1H3/b11-10-,16-15?. The van der Waals surface area contributed by atoms with E-state index >= 15 is 0 Å². The number of rotatable bonds is 4. The van der Waals surface area contributed by atoms with E-state index in [-0.39, 0.29) is 6.61 Å². The third kappa shape index (κ3) is 4.08. The second-order valence-electron chi connectivity index (χ2n) is 3.18. The lowest BCUT2D eigenvalue weighted by Crippen LogP contribution is -2.08. The Morgan fingerprint density at radius 2 is 2.21 bits per heavy atom. The number of hydrogen-bond acceptors (Lipinski definition) is 6. The number of esters is 1. The van der Waals surface area contributed by atoms with E-state index in [1.807, 2.05) is 0 Å². The Morgan fingerprint density at radius 3 is 2.79 bits per heavy atom. The predicted octanol–water partition coefficient (Wildman–Crippen LogP) is 3.28. The molecular weight excluding hydrogens is 270 g/mol. The Hall–Kier alpha value is -2.39. The smallest absolute Gasteiger partial charge is 0.363 e. The molecule has 0 radical (unpaired) electrons. The highest BCUT2D eigenvalue weighted by Crippen LogP contribution is 2.25. The van der Waals surface area contributed by atoms with Crippen molar-refractivity contribution in [3.8, 4) is 6.07 Å². The fraction of sp³-hybridized carbons (Fsp3) is 0.167. The summed E-state index contributed by atoms with van der Waals surface area (Å²) >= 11 is 5.85. The molecule has 0 amide bonds. The van der Waals surface area contributed by atoms with E-state index in [2.05, 4.69) is 15.0 Å². The molecule has 0 aliphatic heterocycles. The summed E-state index contributed by atoms with van der Waals surface area (Å²) in [7, 11) is 0. The number of nitrogens with zero attached hydrogens (tertiary/aromatic N) is 3. The monoisotopic (exact) mass is 279 g/mol. The van der Waals surface area contributed by atoms with Gasteiger partial charge in [-0.05, 0) is 19.1 Å². The van der Waals surface area contributed by atoms with E-state index in [1.54, 1.807) is 31.2 Å². The van der Waals surface area contributed by atoms with Gasteiger partial charge in [-0.1, -0.05) is 23.7 Å². The number of carbonyl (C=O) groups excluding carboxylic acids is 1. The molecule has 0 aliphatic rings. The molecule has 19 heavy (non-hydrogen) atoms. The molecule has 0 fully saturated rings. The van der Waals surface area contributed by atoms with Crippen LogP contribution in [0.1, 0.15) is 6.92 Å². The molecular formula is C12H10ClN3O3. The van der Waals surface area contributed by atoms with Gasteiger partial charge in [0.25, 0.3) is 0 Å². The maximum atomic E-state index is 11.5. The van der Waals surface area contributed by atoms with Gasteiger partial charge >= 0.3 is 5.97 Å². The molecule has 0 unspecified atom stereocenters. The first-order valence-electron chi connectivity index (χ1n) is 5.26. The summed E-state index contributed by atoms with van der Waals surface area (Å²) in [5.41, 5.74) is -0.263. The summed E-state index contributed by atoms with van der Waals surface area (Å²) in [6, 6.07) is 7.94. The molecule has 1 aromatic rings. The molecule has 0 bridgehead atoms. The molecule has 98 valence electrons. The van der Waals surface area contributed by atoms with Crippen molar-refractivity contribution in [1.82, 2.24) is 0 Å². The third-order valence-electron chi connectivity index (χ3n) is 1.91. The van der Waals surface area contributed by atoms with Crippen molar-refractivity contribution >= 4 is 23.3 Å². The first kappa shape index (κ1) is 14.7. The van der Waals surface area contributed by atoms with Gasteiger partial charge in [0.15, 0.2) is 0 Å². The highest BCUT2D eigenvalue weighted by Gasteiger charge is 2.16. The molecule has 1 aromatic carbocycles. The topological polar surface area (TPSA) is 95.0 Å². The molecule has 0 atom stereocenters. The average molecular weight is 280 g/mol. The average Bonchev–Trinajstić information content (AvgIpc) is 2.41. The van der Waals surface area contributed by atoms with Gasteiger partial charge in [0.05, 0.1) is 11.6 Å². The lowest BCUT2D eigenvalue weighted by molar-refractivity contribution is -0.138. The van der Waals surface area contributed by atoms with Crippen LogP contribution in [-0.2, 0) is 9.53 Å². The van der Waals surface area contributed by atoms with Gasteiger partial charge in [0.2, 0.25) is 11.5 Å². The molecule has 7 heteroatoms. The number of benzene rings is 1. The van der Waals surface area contributed by atoms with Crippen LogP contribution in [0, 0.1) is 11.3 Å². The van der Waals surface area contributed by atoms with Crippen molar-refractivity contribution in [2.75, 3.05) is 6.61 Å². The second-order valence-corrected chi connectivity index (χ2v) is 3.59. The van der Waals surface area contributed by atoms with Crippen molar-refractivity contribution in [2.24, 2.45) is 10.2 Å². The number of aliphatic hydroxyl groups excluding tert-OH is 1. The minimum absolute atomic E-state index is 0.0860. The lowest BCUT2D eigenvalue weighted by Gasteiger charge is -2.01. The van der Waals surface area contributed by atoms with E-state index in [4.69, 9.17) is 16.9 Å². The van der Waals surface area contributed by atoms with Crippen LogP contribution in [0.3, 0.4) is 0 Å². The van der Waals surface area contributed by atoms with Crippen LogP contribution in [0.4, 0.5) is 5.69 Å². The van der Waals surface area contributed by atoms with E-state index in [0.29, 0.717) is 10.7 Å². The number of halogens is 1. The van der Waals surface area contributed by atoms with E-state index in [1.165, 1.54) is 6.07 Å². The fourth-order valence-electron chi connectivity index (χ4n) is 1.07. The SMILES string of the molecule is CCOC(=O)/C(N=Nc1ccccc1Cl)=C(/O)C#N. The first-order chi connectivity index (χ1) is 9.10. The van der Waals surface area contributed by atoms with Crippen LogP contribution in [-0.4, -0.2) is 17.7 Å². The quantitative estimate of drug-likeness (QED) is 0.228. The molecule has 0 saturated carbocycles. The molecule has 0 spiro atoms. The molecule has 0 aromatic heterocycles. The van der Waals surface area contributed by atoms with Crippen LogP contribution < -0.4 is 0 Å². The van der Waals surface area contributed by atoms with Gasteiger partial charge in [0, 0.05) is 0 Å². The molecule has 0 aliphatic carbocycles. The number of hydrogen-bond donors (Lipinski definition) is 1. The Kier molecular flexibility index (Phi) is 5.51. The lowest BCUT2D eigenvalue weighted by atomic mass is 10.3. The zero-order chi connectivity index (χ0) is 14.3. The minimum atomic E-state index is -0.933. The number of azo groups is 1. The second kappa shape index (κ2) is 7.13. The molecule has 0 heterocycles. The maximum absolute atomic E-state index is 11.5. The van der Waals surface area contributed by atoms with E-state index < -0.39 is 17.4 Å². The van der Waals surface area contributed by atoms with E-state index in [9.17, 15) is 9.90 Å². The van der Waals surface area contributed by atoms with Crippen molar-refractivity contribution in [2.45, 2.75) is 6.92 Å². The van der Waals surface area contributed by atoms with Gasteiger partial charge in [-0.25, -0.2) is 4.79 Å². The summed E-state index contributed by atoms with van der Waals surface area (Å²) in [5.74, 6) is -1.80. The molecule has 1 rings (SSSR count). The van der Waals surface area contributed by atoms with Crippen molar-refractivity contribution in [1.29, 1.82) is 5.26 Å². The minimum Gasteiger partial charge on any atom is -0.498 e. The summed E-state index contributed by atoms with van der Waals surface area (Å²) in [4.78, 5) is 11.5. The first-order valence-corrected chi connectivity index (χ1v) is 5.64. The van der Waals surface area contributed by atoms with Gasteiger partial charge in [-0.2, -0.15) is 5.26 Å². The molecule has 1 N–H and O–H groups in total. The van der Waals surface area contributed by atoms with Crippen LogP contribution in [0.2, 0.25) is 5.02 Å². The molecule has 6 nitrogen and oxygen atoms in total. The third-order valence-corrected chi connectivity index (χ3v) is 2.23. The zero-order valence-corrected chi connectivity index (χ0v) is 10.8. The van der Waals surface area contributed by atoms with Gasteiger partial charge in [-0.3, -0.25) is 0 Å². The Labute approximate surface area is 114 Å². The summed E-state index contributed by atoms with van der Waals surface area (Å²) in [6.45, 7) is 1.67.